The summed E-state index contributed by atoms with van der Waals surface area (Å²) in [4.78, 5) is 3.11. The molecule has 0 fully saturated rings. The predicted octanol–water partition coefficient (Wildman–Crippen LogP) is 1.26. The van der Waals surface area contributed by atoms with Crippen molar-refractivity contribution in [2.45, 2.75) is 11.5 Å². The molecule has 1 rings (SSSR count). The largest absolute Gasteiger partial charge is 0.415 e. The zero-order valence-corrected chi connectivity index (χ0v) is 7.00. The van der Waals surface area contributed by atoms with Gasteiger partial charge in [0, 0.05) is 6.20 Å². The van der Waals surface area contributed by atoms with Crippen molar-refractivity contribution in [3.63, 3.8) is 0 Å². The minimum absolute atomic E-state index is 0.275. The van der Waals surface area contributed by atoms with Crippen LogP contribution in [0.5, 0.6) is 5.88 Å². The van der Waals surface area contributed by atoms with Crippen LogP contribution in [0.25, 0.3) is 0 Å². The first-order valence-electron chi connectivity index (χ1n) is 3.12. The summed E-state index contributed by atoms with van der Waals surface area (Å²) in [5, 5.41) is 0. The van der Waals surface area contributed by atoms with Gasteiger partial charge in [0.2, 0.25) is 5.88 Å². The molecule has 0 saturated carbocycles. The molecule has 0 aromatic carbocycles. The van der Waals surface area contributed by atoms with Gasteiger partial charge in [-0.3, -0.25) is 0 Å². The van der Waals surface area contributed by atoms with Crippen LogP contribution in [0.15, 0.2) is 23.2 Å². The number of rotatable bonds is 3. The summed E-state index contributed by atoms with van der Waals surface area (Å²) in [5.74, 6) is -0.529. The molecule has 0 aliphatic heterocycles. The molecule has 0 amide bonds. The highest BCUT2D eigenvalue weighted by Gasteiger charge is 2.13. The molecule has 7 heteroatoms. The van der Waals surface area contributed by atoms with Crippen LogP contribution in [0.2, 0.25) is 0 Å². The molecule has 0 spiro atoms. The van der Waals surface area contributed by atoms with E-state index in [2.05, 4.69) is 9.72 Å². The first kappa shape index (κ1) is 10.0. The molecule has 0 aliphatic rings. The van der Waals surface area contributed by atoms with Crippen LogP contribution < -0.4 is 4.74 Å². The maximum absolute atomic E-state index is 11.7. The first-order valence-corrected chi connectivity index (χ1v) is 4.22. The smallest absolute Gasteiger partial charge is 0.388 e. The summed E-state index contributed by atoms with van der Waals surface area (Å²) < 4.78 is 46.5. The Bertz CT molecular complexity index is 321. The second-order valence-electron chi connectivity index (χ2n) is 1.93. The van der Waals surface area contributed by atoms with E-state index in [1.807, 2.05) is 0 Å². The van der Waals surface area contributed by atoms with Gasteiger partial charge in [0.1, 0.15) is 4.90 Å². The second kappa shape index (κ2) is 4.24. The van der Waals surface area contributed by atoms with Crippen molar-refractivity contribution < 1.29 is 22.3 Å². The fraction of sp³-hybridized carbons (Fsp3) is 0.167. The molecule has 0 aliphatic carbocycles. The lowest BCUT2D eigenvalue weighted by Gasteiger charge is -2.05. The van der Waals surface area contributed by atoms with E-state index >= 15 is 0 Å². The summed E-state index contributed by atoms with van der Waals surface area (Å²) in [6, 6.07) is 2.53. The summed E-state index contributed by atoms with van der Waals surface area (Å²) in [7, 11) is 0. The molecule has 1 aromatic heterocycles. The molecule has 13 heavy (non-hydrogen) atoms. The summed E-state index contributed by atoms with van der Waals surface area (Å²) in [6.07, 6.45) is 1.19. The SMILES string of the molecule is O=S(O)c1cccnc1OC(F)F. The lowest BCUT2D eigenvalue weighted by Crippen LogP contribution is -2.06. The van der Waals surface area contributed by atoms with Crippen molar-refractivity contribution in [2.75, 3.05) is 0 Å². The van der Waals surface area contributed by atoms with Gasteiger partial charge in [-0.1, -0.05) is 0 Å². The Balaban J connectivity index is 2.98. The van der Waals surface area contributed by atoms with Gasteiger partial charge in [-0.2, -0.15) is 8.78 Å². The van der Waals surface area contributed by atoms with Gasteiger partial charge >= 0.3 is 6.61 Å². The lowest BCUT2D eigenvalue weighted by molar-refractivity contribution is -0.0549. The van der Waals surface area contributed by atoms with Crippen molar-refractivity contribution in [2.24, 2.45) is 0 Å². The third kappa shape index (κ3) is 2.71. The van der Waals surface area contributed by atoms with Crippen LogP contribution in [0.4, 0.5) is 8.78 Å². The number of halogens is 2. The van der Waals surface area contributed by atoms with Crippen LogP contribution >= 0.6 is 0 Å². The number of aromatic nitrogens is 1. The molecule has 0 radical (unpaired) electrons. The average molecular weight is 209 g/mol. The molecular formula is C6H5F2NO3S. The molecule has 1 unspecified atom stereocenters. The van der Waals surface area contributed by atoms with E-state index in [-0.39, 0.29) is 4.90 Å². The van der Waals surface area contributed by atoms with Crippen LogP contribution in [0, 0.1) is 0 Å². The summed E-state index contributed by atoms with van der Waals surface area (Å²) >= 11 is -2.38. The van der Waals surface area contributed by atoms with Crippen molar-refractivity contribution >= 4 is 11.1 Å². The van der Waals surface area contributed by atoms with Crippen LogP contribution in [-0.2, 0) is 11.1 Å². The zero-order valence-electron chi connectivity index (χ0n) is 6.18. The number of ether oxygens (including phenoxy) is 1. The topological polar surface area (TPSA) is 59.4 Å². The molecule has 0 saturated heterocycles. The second-order valence-corrected chi connectivity index (χ2v) is 2.87. The van der Waals surface area contributed by atoms with Crippen LogP contribution in [-0.4, -0.2) is 20.4 Å². The normalized spacial score (nSPS) is 12.9. The Morgan fingerprint density at radius 2 is 2.31 bits per heavy atom. The quantitative estimate of drug-likeness (QED) is 0.761. The molecule has 1 heterocycles. The fourth-order valence-corrected chi connectivity index (χ4v) is 1.13. The minimum Gasteiger partial charge on any atom is -0.415 e. The van der Waals surface area contributed by atoms with Gasteiger partial charge < -0.3 is 9.29 Å². The van der Waals surface area contributed by atoms with Crippen molar-refractivity contribution in [3.05, 3.63) is 18.3 Å². The zero-order chi connectivity index (χ0) is 9.84. The van der Waals surface area contributed by atoms with Gasteiger partial charge in [0.05, 0.1) is 0 Å². The third-order valence-electron chi connectivity index (χ3n) is 1.13. The fourth-order valence-electron chi connectivity index (χ4n) is 0.682. The molecule has 1 aromatic rings. The molecule has 1 atom stereocenters. The van der Waals surface area contributed by atoms with E-state index in [4.69, 9.17) is 4.55 Å². The maximum Gasteiger partial charge on any atom is 0.388 e. The van der Waals surface area contributed by atoms with Crippen molar-refractivity contribution in [3.8, 4) is 5.88 Å². The van der Waals surface area contributed by atoms with Gasteiger partial charge in [0.15, 0.2) is 11.1 Å². The summed E-state index contributed by atoms with van der Waals surface area (Å²) in [5.41, 5.74) is 0. The number of nitrogens with zero attached hydrogens (tertiary/aromatic N) is 1. The minimum atomic E-state index is -3.06. The van der Waals surface area contributed by atoms with Gasteiger partial charge in [0.25, 0.3) is 0 Å². The molecular weight excluding hydrogens is 204 g/mol. The van der Waals surface area contributed by atoms with E-state index in [9.17, 15) is 13.0 Å². The van der Waals surface area contributed by atoms with E-state index < -0.39 is 23.6 Å². The van der Waals surface area contributed by atoms with Gasteiger partial charge in [-0.25, -0.2) is 9.19 Å². The Hall–Kier alpha value is -1.08. The Morgan fingerprint density at radius 3 is 2.85 bits per heavy atom. The molecule has 0 bridgehead atoms. The Labute approximate surface area is 74.8 Å². The molecule has 4 nitrogen and oxygen atoms in total. The summed E-state index contributed by atoms with van der Waals surface area (Å²) in [6.45, 7) is -3.06. The van der Waals surface area contributed by atoms with Gasteiger partial charge in [-0.05, 0) is 12.1 Å². The highest BCUT2D eigenvalue weighted by molar-refractivity contribution is 7.79. The first-order chi connectivity index (χ1) is 6.11. The Kier molecular flexibility index (Phi) is 3.26. The number of hydrogen-bond donors (Lipinski definition) is 1. The standard InChI is InChI=1S/C6H5F2NO3S/c7-6(8)12-5-4(13(10)11)2-1-3-9-5/h1-3,6H,(H,10,11). The van der Waals surface area contributed by atoms with Crippen molar-refractivity contribution in [1.29, 1.82) is 0 Å². The van der Waals surface area contributed by atoms with Crippen LogP contribution in [0.1, 0.15) is 0 Å². The van der Waals surface area contributed by atoms with E-state index in [0.29, 0.717) is 0 Å². The molecule has 72 valence electrons. The number of hydrogen-bond acceptors (Lipinski definition) is 3. The number of pyridine rings is 1. The predicted molar refractivity (Wildman–Crippen MR) is 39.9 cm³/mol. The van der Waals surface area contributed by atoms with E-state index in [1.54, 1.807) is 0 Å². The number of alkyl halides is 2. The van der Waals surface area contributed by atoms with E-state index in [1.165, 1.54) is 18.3 Å². The molecule has 1 N–H and O–H groups in total. The van der Waals surface area contributed by atoms with Crippen LogP contribution in [0.3, 0.4) is 0 Å². The monoisotopic (exact) mass is 209 g/mol. The maximum atomic E-state index is 11.7. The van der Waals surface area contributed by atoms with Crippen molar-refractivity contribution in [1.82, 2.24) is 4.98 Å². The highest BCUT2D eigenvalue weighted by atomic mass is 32.2. The highest BCUT2D eigenvalue weighted by Crippen LogP contribution is 2.19. The average Bonchev–Trinajstić information content (AvgIpc) is 2.03. The Morgan fingerprint density at radius 1 is 1.62 bits per heavy atom. The van der Waals surface area contributed by atoms with Gasteiger partial charge in [-0.15, -0.1) is 0 Å². The lowest BCUT2D eigenvalue weighted by atomic mass is 10.5. The van der Waals surface area contributed by atoms with E-state index in [0.717, 1.165) is 0 Å². The third-order valence-corrected chi connectivity index (χ3v) is 1.81.